The summed E-state index contributed by atoms with van der Waals surface area (Å²) in [6.45, 7) is 5.65. The highest BCUT2D eigenvalue weighted by Gasteiger charge is 2.34. The summed E-state index contributed by atoms with van der Waals surface area (Å²) in [7, 11) is 0. The Balaban J connectivity index is 1.70. The van der Waals surface area contributed by atoms with Gasteiger partial charge in [-0.15, -0.1) is 0 Å². The van der Waals surface area contributed by atoms with Crippen LogP contribution in [0.2, 0.25) is 0 Å². The van der Waals surface area contributed by atoms with Crippen LogP contribution in [-0.2, 0) is 0 Å². The van der Waals surface area contributed by atoms with Crippen LogP contribution >= 0.6 is 0 Å². The molecule has 1 aromatic carbocycles. The fourth-order valence-electron chi connectivity index (χ4n) is 3.90. The van der Waals surface area contributed by atoms with Gasteiger partial charge in [-0.25, -0.2) is 0 Å². The first kappa shape index (κ1) is 14.9. The minimum absolute atomic E-state index is 0.127. The summed E-state index contributed by atoms with van der Waals surface area (Å²) in [4.78, 5) is 0. The first-order valence-corrected chi connectivity index (χ1v) is 8.21. The van der Waals surface area contributed by atoms with Crippen molar-refractivity contribution in [3.63, 3.8) is 0 Å². The molecule has 0 aromatic heterocycles. The number of aliphatic hydroxyl groups excluding tert-OH is 1. The van der Waals surface area contributed by atoms with Gasteiger partial charge >= 0.3 is 0 Å². The number of ether oxygens (including phenoxy) is 1. The third-order valence-electron chi connectivity index (χ3n) is 5.05. The van der Waals surface area contributed by atoms with Gasteiger partial charge in [-0.3, -0.25) is 0 Å². The van der Waals surface area contributed by atoms with Gasteiger partial charge in [0.15, 0.2) is 0 Å². The topological polar surface area (TPSA) is 41.5 Å². The van der Waals surface area contributed by atoms with E-state index in [1.54, 1.807) is 0 Å². The Bertz CT molecular complexity index is 486. The molecular weight excluding hydrogens is 262 g/mol. The lowest BCUT2D eigenvalue weighted by Gasteiger charge is -2.38. The van der Waals surface area contributed by atoms with Crippen LogP contribution in [0.3, 0.4) is 0 Å². The van der Waals surface area contributed by atoms with Crippen molar-refractivity contribution in [2.45, 2.75) is 51.2 Å². The monoisotopic (exact) mass is 289 g/mol. The van der Waals surface area contributed by atoms with Crippen molar-refractivity contribution >= 4 is 0 Å². The smallest absolute Gasteiger partial charge is 0.124 e. The van der Waals surface area contributed by atoms with E-state index >= 15 is 0 Å². The van der Waals surface area contributed by atoms with Crippen LogP contribution in [0, 0.1) is 11.8 Å². The molecule has 3 nitrogen and oxygen atoms in total. The molecule has 0 bridgehead atoms. The van der Waals surface area contributed by atoms with Gasteiger partial charge in [-0.2, -0.15) is 0 Å². The molecule has 3 heteroatoms. The second-order valence-corrected chi connectivity index (χ2v) is 7.20. The molecule has 0 radical (unpaired) electrons. The maximum absolute atomic E-state index is 9.47. The van der Waals surface area contributed by atoms with E-state index in [4.69, 9.17) is 4.74 Å². The molecule has 1 aliphatic heterocycles. The van der Waals surface area contributed by atoms with E-state index in [1.807, 2.05) is 6.07 Å². The van der Waals surface area contributed by atoms with Crippen molar-refractivity contribution in [1.82, 2.24) is 5.32 Å². The van der Waals surface area contributed by atoms with E-state index in [9.17, 15) is 5.11 Å². The molecule has 1 heterocycles. The van der Waals surface area contributed by atoms with Gasteiger partial charge in [0, 0.05) is 24.6 Å². The molecule has 3 atom stereocenters. The first-order valence-electron chi connectivity index (χ1n) is 8.21. The van der Waals surface area contributed by atoms with Crippen LogP contribution in [0.1, 0.15) is 51.1 Å². The van der Waals surface area contributed by atoms with Crippen LogP contribution < -0.4 is 10.1 Å². The average Bonchev–Trinajstić information content (AvgIpc) is 2.91. The molecule has 2 N–H and O–H groups in total. The number of para-hydroxylation sites is 1. The second-order valence-electron chi connectivity index (χ2n) is 7.20. The summed E-state index contributed by atoms with van der Waals surface area (Å²) in [6.07, 6.45) is 4.67. The summed E-state index contributed by atoms with van der Waals surface area (Å²) < 4.78 is 6.08. The Hall–Kier alpha value is -1.06. The molecule has 0 saturated heterocycles. The van der Waals surface area contributed by atoms with Crippen LogP contribution in [0.4, 0.5) is 0 Å². The summed E-state index contributed by atoms with van der Waals surface area (Å²) in [6, 6.07) is 8.71. The van der Waals surface area contributed by atoms with E-state index in [0.717, 1.165) is 18.7 Å². The van der Waals surface area contributed by atoms with E-state index in [0.29, 0.717) is 24.5 Å². The quantitative estimate of drug-likeness (QED) is 0.893. The number of benzene rings is 1. The van der Waals surface area contributed by atoms with E-state index in [-0.39, 0.29) is 5.60 Å². The zero-order valence-corrected chi connectivity index (χ0v) is 13.1. The highest BCUT2D eigenvalue weighted by Crippen LogP contribution is 2.40. The molecule has 2 aliphatic rings. The predicted molar refractivity (Wildman–Crippen MR) is 84.4 cm³/mol. The maximum atomic E-state index is 9.47. The summed E-state index contributed by atoms with van der Waals surface area (Å²) in [5.74, 6) is 2.12. The van der Waals surface area contributed by atoms with Crippen molar-refractivity contribution in [2.24, 2.45) is 11.8 Å². The van der Waals surface area contributed by atoms with Crippen molar-refractivity contribution in [1.29, 1.82) is 0 Å². The Morgan fingerprint density at radius 1 is 1.24 bits per heavy atom. The Morgan fingerprint density at radius 3 is 2.81 bits per heavy atom. The highest BCUT2D eigenvalue weighted by molar-refractivity contribution is 5.38. The maximum Gasteiger partial charge on any atom is 0.124 e. The number of fused-ring (bicyclic) bond motifs is 1. The summed E-state index contributed by atoms with van der Waals surface area (Å²) in [5.41, 5.74) is 1.15. The zero-order valence-electron chi connectivity index (χ0n) is 13.1. The SMILES string of the molecule is CC1(C)CC(NCC2CCCC2CO)c2ccccc2O1. The molecular formula is C18H27NO2. The molecule has 1 aliphatic carbocycles. The summed E-state index contributed by atoms with van der Waals surface area (Å²) in [5, 5.41) is 13.2. The zero-order chi connectivity index (χ0) is 14.9. The van der Waals surface area contributed by atoms with E-state index in [2.05, 4.69) is 37.4 Å². The van der Waals surface area contributed by atoms with Gasteiger partial charge < -0.3 is 15.2 Å². The molecule has 1 aromatic rings. The van der Waals surface area contributed by atoms with Crippen LogP contribution in [-0.4, -0.2) is 23.9 Å². The van der Waals surface area contributed by atoms with Gasteiger partial charge in [-0.1, -0.05) is 24.6 Å². The highest BCUT2D eigenvalue weighted by atomic mass is 16.5. The van der Waals surface area contributed by atoms with Crippen LogP contribution in [0.25, 0.3) is 0 Å². The first-order chi connectivity index (χ1) is 10.1. The Morgan fingerprint density at radius 2 is 2.00 bits per heavy atom. The molecule has 3 unspecified atom stereocenters. The van der Waals surface area contributed by atoms with Gasteiger partial charge in [-0.05, 0) is 51.1 Å². The normalized spacial score (nSPS) is 30.7. The number of aliphatic hydroxyl groups is 1. The minimum Gasteiger partial charge on any atom is -0.487 e. The number of hydrogen-bond donors (Lipinski definition) is 2. The third kappa shape index (κ3) is 3.24. The van der Waals surface area contributed by atoms with Crippen LogP contribution in [0.15, 0.2) is 24.3 Å². The third-order valence-corrected chi connectivity index (χ3v) is 5.05. The lowest BCUT2D eigenvalue weighted by atomic mass is 9.88. The standard InChI is InChI=1S/C18H27NO2/c1-18(2)10-16(15-8-3-4-9-17(15)21-18)19-11-13-6-5-7-14(13)12-20/h3-4,8-9,13-14,16,19-20H,5-7,10-12H2,1-2H3. The number of rotatable bonds is 4. The Labute approximate surface area is 127 Å². The second kappa shape index (κ2) is 5.98. The van der Waals surface area contributed by atoms with Crippen molar-refractivity contribution in [3.8, 4) is 5.75 Å². The molecule has 0 amide bonds. The number of hydrogen-bond acceptors (Lipinski definition) is 3. The van der Waals surface area contributed by atoms with Crippen molar-refractivity contribution in [2.75, 3.05) is 13.2 Å². The molecule has 1 fully saturated rings. The van der Waals surface area contributed by atoms with Crippen LogP contribution in [0.5, 0.6) is 5.75 Å². The molecule has 1 saturated carbocycles. The van der Waals surface area contributed by atoms with E-state index < -0.39 is 0 Å². The molecule has 3 rings (SSSR count). The van der Waals surface area contributed by atoms with Gasteiger partial charge in [0.2, 0.25) is 0 Å². The fraction of sp³-hybridized carbons (Fsp3) is 0.667. The molecule has 0 spiro atoms. The molecule has 21 heavy (non-hydrogen) atoms. The predicted octanol–water partition coefficient (Wildman–Crippen LogP) is 3.29. The van der Waals surface area contributed by atoms with Crippen molar-refractivity contribution < 1.29 is 9.84 Å². The average molecular weight is 289 g/mol. The van der Waals surface area contributed by atoms with Gasteiger partial charge in [0.05, 0.1) is 0 Å². The summed E-state index contributed by atoms with van der Waals surface area (Å²) >= 11 is 0. The minimum atomic E-state index is -0.127. The van der Waals surface area contributed by atoms with Gasteiger partial charge in [0.25, 0.3) is 0 Å². The van der Waals surface area contributed by atoms with E-state index in [1.165, 1.54) is 24.8 Å². The van der Waals surface area contributed by atoms with Crippen molar-refractivity contribution in [3.05, 3.63) is 29.8 Å². The lowest BCUT2D eigenvalue weighted by molar-refractivity contribution is 0.0642. The Kier molecular flexibility index (Phi) is 4.23. The fourth-order valence-corrected chi connectivity index (χ4v) is 3.90. The molecule has 116 valence electrons. The lowest BCUT2D eigenvalue weighted by Crippen LogP contribution is -2.41. The largest absolute Gasteiger partial charge is 0.487 e. The van der Waals surface area contributed by atoms with Gasteiger partial charge in [0.1, 0.15) is 11.4 Å². The number of nitrogens with one attached hydrogen (secondary N) is 1.